The van der Waals surface area contributed by atoms with Gasteiger partial charge in [0.15, 0.2) is 5.17 Å². The molecule has 0 aliphatic heterocycles. The van der Waals surface area contributed by atoms with Crippen molar-refractivity contribution in [3.63, 3.8) is 0 Å². The van der Waals surface area contributed by atoms with E-state index in [4.69, 9.17) is 5.73 Å². The zero-order valence-electron chi connectivity index (χ0n) is 7.24. The summed E-state index contributed by atoms with van der Waals surface area (Å²) in [5.74, 6) is 0. The molecule has 2 N–H and O–H groups in total. The number of amidine groups is 1. The number of nitrogens with two attached hydrogens (primary N) is 1. The number of aliphatic imine (C=N–C) groups is 1. The molecule has 0 spiro atoms. The van der Waals surface area contributed by atoms with E-state index in [1.54, 1.807) is 0 Å². The molecule has 0 saturated carbocycles. The van der Waals surface area contributed by atoms with E-state index in [2.05, 4.69) is 4.99 Å². The molecule has 0 bridgehead atoms. The monoisotopic (exact) mass is 180 g/mol. The van der Waals surface area contributed by atoms with E-state index in [9.17, 15) is 0 Å². The first-order valence-electron chi connectivity index (χ1n) is 3.67. The SMILES string of the molecule is CSC(N)=Nc1cccc(C)c1. The lowest BCUT2D eigenvalue weighted by Gasteiger charge is -1.97. The lowest BCUT2D eigenvalue weighted by Crippen LogP contribution is -2.03. The third-order valence-corrected chi connectivity index (χ3v) is 1.96. The minimum absolute atomic E-state index is 0.598. The molecule has 0 fully saturated rings. The molecule has 0 aliphatic rings. The minimum Gasteiger partial charge on any atom is -0.378 e. The maximum atomic E-state index is 5.57. The first kappa shape index (κ1) is 9.13. The van der Waals surface area contributed by atoms with E-state index in [1.165, 1.54) is 17.3 Å². The minimum atomic E-state index is 0.598. The van der Waals surface area contributed by atoms with Crippen LogP contribution in [0.1, 0.15) is 5.56 Å². The third kappa shape index (κ3) is 2.58. The standard InChI is InChI=1S/C9H12N2S/c1-7-4-3-5-8(6-7)11-9(10)12-2/h3-6H,1-2H3,(H2,10,11). The highest BCUT2D eigenvalue weighted by molar-refractivity contribution is 8.13. The van der Waals surface area contributed by atoms with E-state index < -0.39 is 0 Å². The summed E-state index contributed by atoms with van der Waals surface area (Å²) >= 11 is 1.45. The highest BCUT2D eigenvalue weighted by Gasteiger charge is 1.91. The first-order valence-corrected chi connectivity index (χ1v) is 4.89. The van der Waals surface area contributed by atoms with Crippen LogP contribution in [0.15, 0.2) is 29.3 Å². The first-order chi connectivity index (χ1) is 5.72. The molecule has 0 amide bonds. The van der Waals surface area contributed by atoms with Crippen LogP contribution in [0, 0.1) is 6.92 Å². The Labute approximate surface area is 76.9 Å². The van der Waals surface area contributed by atoms with Gasteiger partial charge in [-0.2, -0.15) is 0 Å². The van der Waals surface area contributed by atoms with Crippen molar-refractivity contribution in [3.8, 4) is 0 Å². The van der Waals surface area contributed by atoms with E-state index >= 15 is 0 Å². The van der Waals surface area contributed by atoms with Gasteiger partial charge < -0.3 is 5.73 Å². The molecule has 0 heterocycles. The molecule has 0 unspecified atom stereocenters. The number of rotatable bonds is 1. The molecule has 0 saturated heterocycles. The molecule has 2 nitrogen and oxygen atoms in total. The maximum absolute atomic E-state index is 5.57. The molecule has 64 valence electrons. The van der Waals surface area contributed by atoms with Crippen LogP contribution in [0.25, 0.3) is 0 Å². The average molecular weight is 180 g/mol. The molecule has 1 aromatic rings. The predicted molar refractivity (Wildman–Crippen MR) is 56.0 cm³/mol. The molecular formula is C9H12N2S. The Kier molecular flexibility index (Phi) is 3.17. The summed E-state index contributed by atoms with van der Waals surface area (Å²) in [5.41, 5.74) is 7.69. The van der Waals surface area contributed by atoms with Gasteiger partial charge in [-0.05, 0) is 30.9 Å². The number of hydrogen-bond acceptors (Lipinski definition) is 2. The maximum Gasteiger partial charge on any atom is 0.158 e. The van der Waals surface area contributed by atoms with Gasteiger partial charge in [-0.1, -0.05) is 23.9 Å². The zero-order valence-corrected chi connectivity index (χ0v) is 8.06. The van der Waals surface area contributed by atoms with Crippen molar-refractivity contribution in [2.75, 3.05) is 6.26 Å². The number of benzene rings is 1. The van der Waals surface area contributed by atoms with Crippen LogP contribution in [-0.2, 0) is 0 Å². The fourth-order valence-electron chi connectivity index (χ4n) is 0.870. The van der Waals surface area contributed by atoms with Crippen molar-refractivity contribution in [1.82, 2.24) is 0 Å². The summed E-state index contributed by atoms with van der Waals surface area (Å²) in [6.07, 6.45) is 1.91. The Morgan fingerprint density at radius 3 is 2.83 bits per heavy atom. The summed E-state index contributed by atoms with van der Waals surface area (Å²) in [4.78, 5) is 4.20. The van der Waals surface area contributed by atoms with Gasteiger partial charge in [0, 0.05) is 0 Å². The van der Waals surface area contributed by atoms with E-state index in [0.29, 0.717) is 5.17 Å². The summed E-state index contributed by atoms with van der Waals surface area (Å²) in [6.45, 7) is 2.04. The topological polar surface area (TPSA) is 38.4 Å². The van der Waals surface area contributed by atoms with Crippen LogP contribution in [0.2, 0.25) is 0 Å². The lowest BCUT2D eigenvalue weighted by molar-refractivity contribution is 1.42. The Morgan fingerprint density at radius 2 is 2.25 bits per heavy atom. The Balaban J connectivity index is 2.89. The van der Waals surface area contributed by atoms with Crippen LogP contribution in [0.3, 0.4) is 0 Å². The molecule has 0 atom stereocenters. The second kappa shape index (κ2) is 4.16. The van der Waals surface area contributed by atoms with E-state index in [-0.39, 0.29) is 0 Å². The van der Waals surface area contributed by atoms with Gasteiger partial charge in [0.05, 0.1) is 5.69 Å². The number of thioether (sulfide) groups is 1. The van der Waals surface area contributed by atoms with Crippen molar-refractivity contribution in [2.24, 2.45) is 10.7 Å². The van der Waals surface area contributed by atoms with E-state index in [0.717, 1.165) is 5.69 Å². The summed E-state index contributed by atoms with van der Waals surface area (Å²) in [7, 11) is 0. The molecule has 0 radical (unpaired) electrons. The summed E-state index contributed by atoms with van der Waals surface area (Å²) < 4.78 is 0. The second-order valence-electron chi connectivity index (χ2n) is 2.49. The van der Waals surface area contributed by atoms with Crippen molar-refractivity contribution in [1.29, 1.82) is 0 Å². The Bertz CT molecular complexity index is 294. The third-order valence-electron chi connectivity index (χ3n) is 1.45. The molecule has 0 aliphatic carbocycles. The van der Waals surface area contributed by atoms with Crippen molar-refractivity contribution >= 4 is 22.6 Å². The van der Waals surface area contributed by atoms with Crippen molar-refractivity contribution in [2.45, 2.75) is 6.92 Å². The van der Waals surface area contributed by atoms with Gasteiger partial charge in [0.25, 0.3) is 0 Å². The van der Waals surface area contributed by atoms with Crippen LogP contribution < -0.4 is 5.73 Å². The number of nitrogens with zero attached hydrogens (tertiary/aromatic N) is 1. The van der Waals surface area contributed by atoms with Crippen LogP contribution in [0.5, 0.6) is 0 Å². The lowest BCUT2D eigenvalue weighted by atomic mass is 10.2. The number of hydrogen-bond donors (Lipinski definition) is 1. The summed E-state index contributed by atoms with van der Waals surface area (Å²) in [6, 6.07) is 7.95. The highest BCUT2D eigenvalue weighted by Crippen LogP contribution is 2.14. The van der Waals surface area contributed by atoms with Gasteiger partial charge in [-0.25, -0.2) is 4.99 Å². The Hall–Kier alpha value is -0.960. The fraction of sp³-hybridized carbons (Fsp3) is 0.222. The van der Waals surface area contributed by atoms with Gasteiger partial charge >= 0.3 is 0 Å². The van der Waals surface area contributed by atoms with Crippen LogP contribution >= 0.6 is 11.8 Å². The molecule has 12 heavy (non-hydrogen) atoms. The smallest absolute Gasteiger partial charge is 0.158 e. The van der Waals surface area contributed by atoms with Crippen molar-refractivity contribution < 1.29 is 0 Å². The zero-order chi connectivity index (χ0) is 8.97. The molecular weight excluding hydrogens is 168 g/mol. The molecule has 0 aromatic heterocycles. The van der Waals surface area contributed by atoms with Crippen LogP contribution in [0.4, 0.5) is 5.69 Å². The number of aryl methyl sites for hydroxylation is 1. The molecule has 1 aromatic carbocycles. The van der Waals surface area contributed by atoms with Gasteiger partial charge in [0.1, 0.15) is 0 Å². The van der Waals surface area contributed by atoms with Gasteiger partial charge in [-0.15, -0.1) is 0 Å². The Morgan fingerprint density at radius 1 is 1.50 bits per heavy atom. The van der Waals surface area contributed by atoms with Gasteiger partial charge in [0.2, 0.25) is 0 Å². The highest BCUT2D eigenvalue weighted by atomic mass is 32.2. The largest absolute Gasteiger partial charge is 0.378 e. The van der Waals surface area contributed by atoms with E-state index in [1.807, 2.05) is 37.4 Å². The fourth-order valence-corrected chi connectivity index (χ4v) is 1.07. The predicted octanol–water partition coefficient (Wildman–Crippen LogP) is 2.30. The second-order valence-corrected chi connectivity index (χ2v) is 3.32. The van der Waals surface area contributed by atoms with Gasteiger partial charge in [-0.3, -0.25) is 0 Å². The quantitative estimate of drug-likeness (QED) is 0.532. The summed E-state index contributed by atoms with van der Waals surface area (Å²) in [5, 5.41) is 0.598. The average Bonchev–Trinajstić information content (AvgIpc) is 2.04. The van der Waals surface area contributed by atoms with Crippen LogP contribution in [-0.4, -0.2) is 11.4 Å². The normalized spacial score (nSPS) is 11.7. The molecule has 3 heteroatoms. The molecule has 1 rings (SSSR count). The van der Waals surface area contributed by atoms with Crippen molar-refractivity contribution in [3.05, 3.63) is 29.8 Å².